The molecule has 0 aliphatic carbocycles. The number of aliphatic hydroxyl groups is 1. The molecule has 0 rings (SSSR count). The lowest BCUT2D eigenvalue weighted by atomic mass is 10.1. The zero-order valence-corrected chi connectivity index (χ0v) is 7.86. The van der Waals surface area contributed by atoms with Crippen molar-refractivity contribution in [1.82, 2.24) is 5.32 Å². The van der Waals surface area contributed by atoms with Crippen LogP contribution in [0.15, 0.2) is 0 Å². The summed E-state index contributed by atoms with van der Waals surface area (Å²) in [7, 11) is 0. The van der Waals surface area contributed by atoms with E-state index in [1.807, 2.05) is 13.8 Å². The first kappa shape index (κ1) is 12.7. The highest BCUT2D eigenvalue weighted by Gasteiger charge is 2.37. The summed E-state index contributed by atoms with van der Waals surface area (Å²) >= 11 is 0. The average molecular weight is 199 g/mol. The predicted molar refractivity (Wildman–Crippen MR) is 44.4 cm³/mol. The van der Waals surface area contributed by atoms with Crippen LogP contribution in [0.5, 0.6) is 0 Å². The third-order valence-electron chi connectivity index (χ3n) is 1.96. The second-order valence-electron chi connectivity index (χ2n) is 2.98. The van der Waals surface area contributed by atoms with E-state index in [-0.39, 0.29) is 6.04 Å². The van der Waals surface area contributed by atoms with Crippen molar-refractivity contribution in [2.45, 2.75) is 45.0 Å². The van der Waals surface area contributed by atoms with Crippen molar-refractivity contribution in [3.63, 3.8) is 0 Å². The number of halogens is 3. The fraction of sp³-hybridized carbons (Fsp3) is 1.00. The van der Waals surface area contributed by atoms with Crippen molar-refractivity contribution in [2.75, 3.05) is 6.54 Å². The van der Waals surface area contributed by atoms with Crippen LogP contribution in [0.1, 0.15) is 26.7 Å². The maximum Gasteiger partial charge on any atom is 0.415 e. The van der Waals surface area contributed by atoms with Crippen molar-refractivity contribution in [3.8, 4) is 0 Å². The standard InChI is InChI=1S/C8H16F3NO/c1-3-6(4-2)12-5-7(13)8(9,10)11/h6-7,12-13H,3-5H2,1-2H3. The number of rotatable bonds is 5. The van der Waals surface area contributed by atoms with Gasteiger partial charge < -0.3 is 10.4 Å². The first-order chi connectivity index (χ1) is 5.91. The van der Waals surface area contributed by atoms with Crippen molar-refractivity contribution in [2.24, 2.45) is 0 Å². The molecule has 0 spiro atoms. The second-order valence-corrected chi connectivity index (χ2v) is 2.98. The minimum atomic E-state index is -4.51. The van der Waals surface area contributed by atoms with Crippen LogP contribution in [0.3, 0.4) is 0 Å². The normalized spacial score (nSPS) is 15.0. The largest absolute Gasteiger partial charge is 0.415 e. The fourth-order valence-corrected chi connectivity index (χ4v) is 0.971. The van der Waals surface area contributed by atoms with Gasteiger partial charge in [0.2, 0.25) is 0 Å². The van der Waals surface area contributed by atoms with Crippen LogP contribution in [0.2, 0.25) is 0 Å². The van der Waals surface area contributed by atoms with Gasteiger partial charge in [-0.05, 0) is 12.8 Å². The Labute approximate surface area is 76.1 Å². The molecule has 0 radical (unpaired) electrons. The van der Waals surface area contributed by atoms with Crippen molar-refractivity contribution >= 4 is 0 Å². The summed E-state index contributed by atoms with van der Waals surface area (Å²) in [5.41, 5.74) is 0. The predicted octanol–water partition coefficient (Wildman–Crippen LogP) is 1.69. The van der Waals surface area contributed by atoms with E-state index in [4.69, 9.17) is 5.11 Å². The van der Waals surface area contributed by atoms with E-state index in [1.165, 1.54) is 0 Å². The molecule has 5 heteroatoms. The van der Waals surface area contributed by atoms with Crippen LogP contribution < -0.4 is 5.32 Å². The summed E-state index contributed by atoms with van der Waals surface area (Å²) in [4.78, 5) is 0. The highest BCUT2D eigenvalue weighted by Crippen LogP contribution is 2.19. The molecule has 0 aromatic rings. The molecule has 0 aromatic carbocycles. The van der Waals surface area contributed by atoms with E-state index in [9.17, 15) is 13.2 Å². The lowest BCUT2D eigenvalue weighted by Crippen LogP contribution is -2.42. The Morgan fingerprint density at radius 2 is 1.69 bits per heavy atom. The minimum Gasteiger partial charge on any atom is -0.382 e. The van der Waals surface area contributed by atoms with E-state index < -0.39 is 18.8 Å². The molecule has 0 aromatic heterocycles. The Morgan fingerprint density at radius 3 is 2.00 bits per heavy atom. The Balaban J connectivity index is 3.75. The monoisotopic (exact) mass is 199 g/mol. The summed E-state index contributed by atoms with van der Waals surface area (Å²) < 4.78 is 35.5. The van der Waals surface area contributed by atoms with Gasteiger partial charge in [-0.3, -0.25) is 0 Å². The van der Waals surface area contributed by atoms with Crippen molar-refractivity contribution < 1.29 is 18.3 Å². The Kier molecular flexibility index (Phi) is 5.32. The molecule has 0 saturated carbocycles. The number of nitrogens with one attached hydrogen (secondary N) is 1. The van der Waals surface area contributed by atoms with E-state index in [0.29, 0.717) is 0 Å². The van der Waals surface area contributed by atoms with E-state index in [0.717, 1.165) is 12.8 Å². The second kappa shape index (κ2) is 5.44. The van der Waals surface area contributed by atoms with Gasteiger partial charge >= 0.3 is 6.18 Å². The summed E-state index contributed by atoms with van der Waals surface area (Å²) in [6, 6.07) is 0.0528. The van der Waals surface area contributed by atoms with Crippen LogP contribution in [-0.4, -0.2) is 30.0 Å². The molecule has 0 saturated heterocycles. The number of alkyl halides is 3. The van der Waals surface area contributed by atoms with E-state index in [1.54, 1.807) is 0 Å². The molecule has 0 amide bonds. The molecule has 2 N–H and O–H groups in total. The van der Waals surface area contributed by atoms with Crippen molar-refractivity contribution in [3.05, 3.63) is 0 Å². The van der Waals surface area contributed by atoms with Gasteiger partial charge in [-0.2, -0.15) is 13.2 Å². The zero-order chi connectivity index (χ0) is 10.5. The summed E-state index contributed by atoms with van der Waals surface area (Å²) in [5, 5.41) is 11.3. The molecule has 1 atom stereocenters. The molecule has 0 aliphatic heterocycles. The van der Waals surface area contributed by atoms with Crippen LogP contribution in [0.4, 0.5) is 13.2 Å². The van der Waals surface area contributed by atoms with Gasteiger partial charge in [0.05, 0.1) is 0 Å². The van der Waals surface area contributed by atoms with E-state index in [2.05, 4.69) is 5.32 Å². The lowest BCUT2D eigenvalue weighted by molar-refractivity contribution is -0.202. The molecule has 0 aliphatic rings. The topological polar surface area (TPSA) is 32.3 Å². The van der Waals surface area contributed by atoms with Gasteiger partial charge in [0, 0.05) is 12.6 Å². The molecule has 1 unspecified atom stereocenters. The van der Waals surface area contributed by atoms with E-state index >= 15 is 0 Å². The molecule has 2 nitrogen and oxygen atoms in total. The van der Waals surface area contributed by atoms with Gasteiger partial charge in [0.25, 0.3) is 0 Å². The van der Waals surface area contributed by atoms with Gasteiger partial charge in [0.15, 0.2) is 6.10 Å². The zero-order valence-electron chi connectivity index (χ0n) is 7.86. The molecule has 13 heavy (non-hydrogen) atoms. The van der Waals surface area contributed by atoms with Crippen molar-refractivity contribution in [1.29, 1.82) is 0 Å². The Hall–Kier alpha value is -0.290. The van der Waals surface area contributed by atoms with Crippen LogP contribution in [0.25, 0.3) is 0 Å². The van der Waals surface area contributed by atoms with Crippen LogP contribution in [-0.2, 0) is 0 Å². The lowest BCUT2D eigenvalue weighted by Gasteiger charge is -2.19. The highest BCUT2D eigenvalue weighted by molar-refractivity contribution is 4.71. The van der Waals surface area contributed by atoms with Gasteiger partial charge in [-0.25, -0.2) is 0 Å². The number of aliphatic hydroxyl groups excluding tert-OH is 1. The Morgan fingerprint density at radius 1 is 1.23 bits per heavy atom. The number of hydrogen-bond donors (Lipinski definition) is 2. The summed E-state index contributed by atoms with van der Waals surface area (Å²) in [5.74, 6) is 0. The smallest absolute Gasteiger partial charge is 0.382 e. The molecule has 0 heterocycles. The first-order valence-electron chi connectivity index (χ1n) is 4.40. The molecular weight excluding hydrogens is 183 g/mol. The fourth-order valence-electron chi connectivity index (χ4n) is 0.971. The third kappa shape index (κ3) is 5.10. The van der Waals surface area contributed by atoms with Gasteiger partial charge in [-0.1, -0.05) is 13.8 Å². The third-order valence-corrected chi connectivity index (χ3v) is 1.96. The van der Waals surface area contributed by atoms with Gasteiger partial charge in [-0.15, -0.1) is 0 Å². The summed E-state index contributed by atoms with van der Waals surface area (Å²) in [6.07, 6.45) is -5.24. The quantitative estimate of drug-likeness (QED) is 0.706. The van der Waals surface area contributed by atoms with Crippen LogP contribution >= 0.6 is 0 Å². The highest BCUT2D eigenvalue weighted by atomic mass is 19.4. The van der Waals surface area contributed by atoms with Crippen LogP contribution in [0, 0.1) is 0 Å². The summed E-state index contributed by atoms with van der Waals surface area (Å²) in [6.45, 7) is 3.36. The molecule has 0 bridgehead atoms. The molecular formula is C8H16F3NO. The minimum absolute atomic E-state index is 0.0528. The SMILES string of the molecule is CCC(CC)NCC(O)C(F)(F)F. The maximum absolute atomic E-state index is 11.8. The first-order valence-corrected chi connectivity index (χ1v) is 4.40. The Bertz CT molecular complexity index is 134. The van der Waals surface area contributed by atoms with Gasteiger partial charge in [0.1, 0.15) is 0 Å². The molecule has 80 valence electrons. The molecule has 0 fully saturated rings. The average Bonchev–Trinajstić information content (AvgIpc) is 2.04. The maximum atomic E-state index is 11.8. The number of hydrogen-bond acceptors (Lipinski definition) is 2.